The van der Waals surface area contributed by atoms with Gasteiger partial charge in [-0.3, -0.25) is 9.59 Å². The lowest BCUT2D eigenvalue weighted by atomic mass is 9.85. The quantitative estimate of drug-likeness (QED) is 0.857. The first-order chi connectivity index (χ1) is 12.3. The summed E-state index contributed by atoms with van der Waals surface area (Å²) in [6.45, 7) is 9.15. The zero-order chi connectivity index (χ0) is 18.9. The minimum absolute atomic E-state index is 0.0689. The molecule has 3 rings (SSSR count). The van der Waals surface area contributed by atoms with Crippen LogP contribution >= 0.6 is 0 Å². The van der Waals surface area contributed by atoms with Gasteiger partial charge in [-0.05, 0) is 57.2 Å². The van der Waals surface area contributed by atoms with Crippen molar-refractivity contribution in [1.82, 2.24) is 0 Å². The van der Waals surface area contributed by atoms with E-state index in [0.717, 1.165) is 37.1 Å². The largest absolute Gasteiger partial charge is 0.490 e. The number of nitrogens with zero attached hydrogens (tertiary/aromatic N) is 1. The predicted octanol–water partition coefficient (Wildman–Crippen LogP) is 4.22. The van der Waals surface area contributed by atoms with Crippen molar-refractivity contribution < 1.29 is 14.3 Å². The van der Waals surface area contributed by atoms with E-state index in [1.54, 1.807) is 0 Å². The topological polar surface area (TPSA) is 58.6 Å². The second-order valence-electron chi connectivity index (χ2n) is 8.61. The summed E-state index contributed by atoms with van der Waals surface area (Å²) in [5.74, 6) is 1.47. The van der Waals surface area contributed by atoms with Crippen LogP contribution in [0.25, 0.3) is 0 Å². The minimum atomic E-state index is -0.578. The Morgan fingerprint density at radius 2 is 2.08 bits per heavy atom. The van der Waals surface area contributed by atoms with Gasteiger partial charge in [0.2, 0.25) is 11.8 Å². The number of anilines is 2. The molecule has 0 atom stereocenters. The third-order valence-electron chi connectivity index (χ3n) is 5.34. The number of hydrogen-bond donors (Lipinski definition) is 1. The molecule has 0 bridgehead atoms. The van der Waals surface area contributed by atoms with E-state index in [1.807, 2.05) is 36.9 Å². The Hall–Kier alpha value is -2.04. The Bertz CT molecular complexity index is 692. The highest BCUT2D eigenvalue weighted by molar-refractivity contribution is 6.00. The lowest BCUT2D eigenvalue weighted by Crippen LogP contribution is -2.42. The van der Waals surface area contributed by atoms with Crippen LogP contribution in [0.3, 0.4) is 0 Å². The van der Waals surface area contributed by atoms with Gasteiger partial charge in [-0.1, -0.05) is 20.3 Å². The first-order valence-electron chi connectivity index (χ1n) is 9.67. The summed E-state index contributed by atoms with van der Waals surface area (Å²) < 4.78 is 5.94. The molecule has 1 aliphatic heterocycles. The Morgan fingerprint density at radius 3 is 2.69 bits per heavy atom. The maximum atomic E-state index is 13.1. The highest BCUT2D eigenvalue weighted by Crippen LogP contribution is 2.39. The van der Waals surface area contributed by atoms with Crippen molar-refractivity contribution in [2.24, 2.45) is 17.3 Å². The van der Waals surface area contributed by atoms with Gasteiger partial charge in [-0.2, -0.15) is 0 Å². The fourth-order valence-electron chi connectivity index (χ4n) is 3.25. The van der Waals surface area contributed by atoms with Crippen LogP contribution in [-0.2, 0) is 9.59 Å². The van der Waals surface area contributed by atoms with Crippen LogP contribution in [0.4, 0.5) is 11.4 Å². The van der Waals surface area contributed by atoms with Gasteiger partial charge >= 0.3 is 0 Å². The molecular weight excluding hydrogens is 328 g/mol. The van der Waals surface area contributed by atoms with Crippen LogP contribution < -0.4 is 15.0 Å². The molecule has 0 unspecified atom stereocenters. The van der Waals surface area contributed by atoms with E-state index in [1.165, 1.54) is 0 Å². The minimum Gasteiger partial charge on any atom is -0.490 e. The van der Waals surface area contributed by atoms with E-state index < -0.39 is 5.41 Å². The number of nitrogens with one attached hydrogen (secondary N) is 1. The van der Waals surface area contributed by atoms with Crippen LogP contribution in [-0.4, -0.2) is 25.0 Å². The highest BCUT2D eigenvalue weighted by Gasteiger charge is 2.38. The van der Waals surface area contributed by atoms with Gasteiger partial charge in [0, 0.05) is 18.2 Å². The van der Waals surface area contributed by atoms with Crippen LogP contribution in [0, 0.1) is 17.3 Å². The number of carbonyl (C=O) groups is 2. The molecule has 1 fully saturated rings. The van der Waals surface area contributed by atoms with Crippen molar-refractivity contribution in [3.63, 3.8) is 0 Å². The maximum absolute atomic E-state index is 13.1. The van der Waals surface area contributed by atoms with Gasteiger partial charge in [-0.25, -0.2) is 0 Å². The number of hydrogen-bond acceptors (Lipinski definition) is 3. The Balaban J connectivity index is 1.88. The number of amides is 2. The van der Waals surface area contributed by atoms with Gasteiger partial charge in [0.1, 0.15) is 12.4 Å². The third-order valence-corrected chi connectivity index (χ3v) is 5.34. The number of benzene rings is 1. The molecule has 1 saturated carbocycles. The average molecular weight is 358 g/mol. The lowest BCUT2D eigenvalue weighted by Gasteiger charge is -2.29. The molecule has 5 heteroatoms. The Labute approximate surface area is 156 Å². The standard InChI is InChI=1S/C21H30N2O3/c1-14(2)10-11-23-17-12-16(22-19(24)15-6-5-7-15)8-9-18(17)26-13-21(3,4)20(23)25/h8-9,12,14-15H,5-7,10-11,13H2,1-4H3,(H,22,24). The molecule has 26 heavy (non-hydrogen) atoms. The molecule has 1 aromatic rings. The molecule has 1 aromatic carbocycles. The van der Waals surface area contributed by atoms with Gasteiger partial charge in [-0.15, -0.1) is 0 Å². The monoisotopic (exact) mass is 358 g/mol. The van der Waals surface area contributed by atoms with Crippen molar-refractivity contribution >= 4 is 23.2 Å². The first kappa shape index (κ1) is 18.7. The Kier molecular flexibility index (Phi) is 5.26. The summed E-state index contributed by atoms with van der Waals surface area (Å²) in [6.07, 6.45) is 3.97. The fourth-order valence-corrected chi connectivity index (χ4v) is 3.25. The first-order valence-corrected chi connectivity index (χ1v) is 9.67. The predicted molar refractivity (Wildman–Crippen MR) is 103 cm³/mol. The summed E-state index contributed by atoms with van der Waals surface area (Å²) in [6, 6.07) is 5.60. The summed E-state index contributed by atoms with van der Waals surface area (Å²) in [5, 5.41) is 3.00. The zero-order valence-electron chi connectivity index (χ0n) is 16.3. The molecule has 2 amide bonds. The maximum Gasteiger partial charge on any atom is 0.236 e. The highest BCUT2D eigenvalue weighted by atomic mass is 16.5. The normalized spacial score (nSPS) is 19.4. The summed E-state index contributed by atoms with van der Waals surface area (Å²) in [5.41, 5.74) is 0.907. The SMILES string of the molecule is CC(C)CCN1C(=O)C(C)(C)COc2ccc(NC(=O)C3CCC3)cc21. The number of fused-ring (bicyclic) bond motifs is 1. The van der Waals surface area contributed by atoms with Crippen molar-refractivity contribution in [1.29, 1.82) is 0 Å². The smallest absolute Gasteiger partial charge is 0.236 e. The zero-order valence-corrected chi connectivity index (χ0v) is 16.3. The number of carbonyl (C=O) groups excluding carboxylic acids is 2. The van der Waals surface area contributed by atoms with E-state index in [-0.39, 0.29) is 17.7 Å². The van der Waals surface area contributed by atoms with Crippen molar-refractivity contribution in [2.75, 3.05) is 23.4 Å². The van der Waals surface area contributed by atoms with Gasteiger partial charge in [0.15, 0.2) is 0 Å². The molecule has 0 aromatic heterocycles. The average Bonchev–Trinajstić information content (AvgIpc) is 2.60. The molecule has 142 valence electrons. The molecular formula is C21H30N2O3. The molecule has 1 N–H and O–H groups in total. The molecule has 2 aliphatic rings. The molecule has 0 spiro atoms. The third kappa shape index (κ3) is 3.87. The summed E-state index contributed by atoms with van der Waals surface area (Å²) in [7, 11) is 0. The van der Waals surface area contributed by atoms with Gasteiger partial charge < -0.3 is 15.0 Å². The van der Waals surface area contributed by atoms with Crippen molar-refractivity contribution in [3.05, 3.63) is 18.2 Å². The van der Waals surface area contributed by atoms with Crippen molar-refractivity contribution in [2.45, 2.75) is 53.4 Å². The summed E-state index contributed by atoms with van der Waals surface area (Å²) >= 11 is 0. The van der Waals surface area contributed by atoms with Gasteiger partial charge in [0.05, 0.1) is 11.1 Å². The van der Waals surface area contributed by atoms with E-state index in [0.29, 0.717) is 24.8 Å². The lowest BCUT2D eigenvalue weighted by molar-refractivity contribution is -0.127. The van der Waals surface area contributed by atoms with E-state index in [4.69, 9.17) is 4.74 Å². The second-order valence-corrected chi connectivity index (χ2v) is 8.61. The van der Waals surface area contributed by atoms with E-state index in [2.05, 4.69) is 19.2 Å². The van der Waals surface area contributed by atoms with Crippen LogP contribution in [0.5, 0.6) is 5.75 Å². The molecule has 1 aliphatic carbocycles. The molecule has 0 saturated heterocycles. The molecule has 0 radical (unpaired) electrons. The Morgan fingerprint density at radius 1 is 1.35 bits per heavy atom. The van der Waals surface area contributed by atoms with Crippen LogP contribution in [0.15, 0.2) is 18.2 Å². The molecule has 5 nitrogen and oxygen atoms in total. The number of ether oxygens (including phenoxy) is 1. The summed E-state index contributed by atoms with van der Waals surface area (Å²) in [4.78, 5) is 27.2. The van der Waals surface area contributed by atoms with Crippen molar-refractivity contribution in [3.8, 4) is 5.75 Å². The number of rotatable bonds is 5. The fraction of sp³-hybridized carbons (Fsp3) is 0.619. The second kappa shape index (κ2) is 7.29. The van der Waals surface area contributed by atoms with Crippen LogP contribution in [0.2, 0.25) is 0 Å². The van der Waals surface area contributed by atoms with E-state index in [9.17, 15) is 9.59 Å². The van der Waals surface area contributed by atoms with Crippen LogP contribution in [0.1, 0.15) is 53.4 Å². The van der Waals surface area contributed by atoms with E-state index >= 15 is 0 Å². The van der Waals surface area contributed by atoms with Gasteiger partial charge in [0.25, 0.3) is 0 Å². The molecule has 1 heterocycles.